The van der Waals surface area contributed by atoms with Gasteiger partial charge >= 0.3 is 0 Å². The molecular formula is C24H28N6O2S. The summed E-state index contributed by atoms with van der Waals surface area (Å²) in [7, 11) is -3.41. The van der Waals surface area contributed by atoms with Crippen molar-refractivity contribution < 1.29 is 8.42 Å². The van der Waals surface area contributed by atoms with Crippen molar-refractivity contribution in [3.63, 3.8) is 0 Å². The molecule has 0 spiro atoms. The molecule has 0 unspecified atom stereocenters. The van der Waals surface area contributed by atoms with Crippen LogP contribution in [0, 0.1) is 5.92 Å². The standard InChI is InChI=1S/C24H28N6O2S/c1-17(2)15-33(31,32)28-14-21-29-23(22-24(30-21)27-16-26-22)25-13-20(18-9-5-3-6-10-18)19-11-7-4-8-12-19/h3-12,16-17,20,28H,13-15H2,1-2H3,(H2,25,26,27,29,30). The highest BCUT2D eigenvalue weighted by molar-refractivity contribution is 7.89. The molecule has 33 heavy (non-hydrogen) atoms. The number of sulfonamides is 1. The molecule has 0 amide bonds. The summed E-state index contributed by atoms with van der Waals surface area (Å²) in [5.74, 6) is 1.14. The van der Waals surface area contributed by atoms with Gasteiger partial charge in [-0.15, -0.1) is 0 Å². The molecule has 4 rings (SSSR count). The third-order valence-corrected chi connectivity index (χ3v) is 6.90. The van der Waals surface area contributed by atoms with E-state index >= 15 is 0 Å². The first kappa shape index (κ1) is 22.9. The summed E-state index contributed by atoms with van der Waals surface area (Å²) in [5, 5.41) is 3.44. The molecule has 9 heteroatoms. The first-order chi connectivity index (χ1) is 15.9. The Balaban J connectivity index is 1.58. The van der Waals surface area contributed by atoms with Gasteiger partial charge in [0.15, 0.2) is 11.5 Å². The molecule has 0 radical (unpaired) electrons. The van der Waals surface area contributed by atoms with Crippen LogP contribution in [-0.2, 0) is 16.6 Å². The summed E-state index contributed by atoms with van der Waals surface area (Å²) in [5.41, 5.74) is 3.55. The minimum atomic E-state index is -3.41. The van der Waals surface area contributed by atoms with Gasteiger partial charge in [0.05, 0.1) is 18.6 Å². The van der Waals surface area contributed by atoms with Crippen LogP contribution in [0.2, 0.25) is 0 Å². The second-order valence-electron chi connectivity index (χ2n) is 8.34. The van der Waals surface area contributed by atoms with Gasteiger partial charge in [-0.3, -0.25) is 0 Å². The minimum absolute atomic E-state index is 0.00727. The number of fused-ring (bicyclic) bond motifs is 1. The molecule has 0 saturated heterocycles. The highest BCUT2D eigenvalue weighted by Crippen LogP contribution is 2.26. The Morgan fingerprint density at radius 2 is 1.58 bits per heavy atom. The lowest BCUT2D eigenvalue weighted by atomic mass is 9.91. The zero-order chi connectivity index (χ0) is 23.3. The normalized spacial score (nSPS) is 12.0. The molecule has 0 atom stereocenters. The van der Waals surface area contributed by atoms with Gasteiger partial charge in [-0.05, 0) is 17.0 Å². The van der Waals surface area contributed by atoms with E-state index in [1.54, 1.807) is 6.33 Å². The molecule has 8 nitrogen and oxygen atoms in total. The van der Waals surface area contributed by atoms with Gasteiger partial charge in [-0.2, -0.15) is 0 Å². The Morgan fingerprint density at radius 3 is 2.18 bits per heavy atom. The van der Waals surface area contributed by atoms with Crippen molar-refractivity contribution in [3.8, 4) is 0 Å². The van der Waals surface area contributed by atoms with Crippen LogP contribution in [0.1, 0.15) is 36.7 Å². The van der Waals surface area contributed by atoms with Crippen molar-refractivity contribution in [2.75, 3.05) is 17.6 Å². The second-order valence-corrected chi connectivity index (χ2v) is 10.2. The zero-order valence-electron chi connectivity index (χ0n) is 18.7. The number of anilines is 1. The molecule has 0 bridgehead atoms. The van der Waals surface area contributed by atoms with E-state index in [2.05, 4.69) is 54.2 Å². The fourth-order valence-electron chi connectivity index (χ4n) is 3.76. The first-order valence-electron chi connectivity index (χ1n) is 10.9. The van der Waals surface area contributed by atoms with Crippen LogP contribution in [0.5, 0.6) is 0 Å². The number of hydrogen-bond acceptors (Lipinski definition) is 6. The Morgan fingerprint density at radius 1 is 0.939 bits per heavy atom. The quantitative estimate of drug-likeness (QED) is 0.330. The fourth-order valence-corrected chi connectivity index (χ4v) is 5.10. The van der Waals surface area contributed by atoms with Crippen LogP contribution in [0.4, 0.5) is 5.82 Å². The molecule has 0 aliphatic heterocycles. The van der Waals surface area contributed by atoms with Crippen LogP contribution in [-0.4, -0.2) is 40.7 Å². The maximum atomic E-state index is 12.2. The van der Waals surface area contributed by atoms with Gasteiger partial charge < -0.3 is 10.3 Å². The lowest BCUT2D eigenvalue weighted by molar-refractivity contribution is 0.566. The maximum Gasteiger partial charge on any atom is 0.212 e. The van der Waals surface area contributed by atoms with Gasteiger partial charge in [0, 0.05) is 12.5 Å². The third-order valence-electron chi connectivity index (χ3n) is 5.21. The Hall–Kier alpha value is -3.30. The van der Waals surface area contributed by atoms with Crippen molar-refractivity contribution in [1.29, 1.82) is 0 Å². The highest BCUT2D eigenvalue weighted by atomic mass is 32.2. The van der Waals surface area contributed by atoms with E-state index < -0.39 is 10.0 Å². The highest BCUT2D eigenvalue weighted by Gasteiger charge is 2.18. The monoisotopic (exact) mass is 464 g/mol. The summed E-state index contributed by atoms with van der Waals surface area (Å²) >= 11 is 0. The summed E-state index contributed by atoms with van der Waals surface area (Å²) in [4.78, 5) is 16.3. The molecule has 0 aliphatic carbocycles. The summed E-state index contributed by atoms with van der Waals surface area (Å²) in [6.07, 6.45) is 1.56. The molecule has 0 aliphatic rings. The number of hydrogen-bond donors (Lipinski definition) is 3. The average molecular weight is 465 g/mol. The lowest BCUT2D eigenvalue weighted by Gasteiger charge is -2.19. The number of rotatable bonds is 10. The van der Waals surface area contributed by atoms with Crippen LogP contribution >= 0.6 is 0 Å². The minimum Gasteiger partial charge on any atom is -0.367 e. The number of imidazole rings is 1. The van der Waals surface area contributed by atoms with Gasteiger partial charge in [0.2, 0.25) is 10.0 Å². The van der Waals surface area contributed by atoms with Crippen molar-refractivity contribution in [1.82, 2.24) is 24.7 Å². The Kier molecular flexibility index (Phi) is 7.00. The summed E-state index contributed by atoms with van der Waals surface area (Å²) in [6, 6.07) is 20.6. The van der Waals surface area contributed by atoms with Crippen molar-refractivity contribution in [2.45, 2.75) is 26.3 Å². The van der Waals surface area contributed by atoms with E-state index in [9.17, 15) is 8.42 Å². The van der Waals surface area contributed by atoms with Crippen LogP contribution < -0.4 is 10.0 Å². The van der Waals surface area contributed by atoms with E-state index in [-0.39, 0.29) is 24.1 Å². The summed E-state index contributed by atoms with van der Waals surface area (Å²) in [6.45, 7) is 4.33. The van der Waals surface area contributed by atoms with Gasteiger partial charge in [-0.1, -0.05) is 74.5 Å². The van der Waals surface area contributed by atoms with Crippen LogP contribution in [0.15, 0.2) is 67.0 Å². The van der Waals surface area contributed by atoms with Gasteiger partial charge in [0.25, 0.3) is 0 Å². The number of aromatic nitrogens is 4. The van der Waals surface area contributed by atoms with E-state index in [4.69, 9.17) is 0 Å². The van der Waals surface area contributed by atoms with Crippen LogP contribution in [0.25, 0.3) is 11.2 Å². The zero-order valence-corrected chi connectivity index (χ0v) is 19.5. The molecule has 2 aromatic carbocycles. The van der Waals surface area contributed by atoms with Gasteiger partial charge in [-0.25, -0.2) is 28.1 Å². The Labute approximate surface area is 194 Å². The number of H-pyrrole nitrogens is 1. The molecular weight excluding hydrogens is 436 g/mol. The maximum absolute atomic E-state index is 12.2. The number of benzene rings is 2. The average Bonchev–Trinajstić information content (AvgIpc) is 3.27. The van der Waals surface area contributed by atoms with E-state index in [0.29, 0.717) is 29.4 Å². The molecule has 4 aromatic rings. The Bertz CT molecular complexity index is 1250. The molecule has 2 aromatic heterocycles. The van der Waals surface area contributed by atoms with E-state index in [1.165, 1.54) is 11.1 Å². The molecule has 3 N–H and O–H groups in total. The topological polar surface area (TPSA) is 113 Å². The fraction of sp³-hybridized carbons (Fsp3) is 0.292. The van der Waals surface area contributed by atoms with E-state index in [1.807, 2.05) is 50.2 Å². The largest absolute Gasteiger partial charge is 0.367 e. The van der Waals surface area contributed by atoms with Gasteiger partial charge in [0.1, 0.15) is 11.3 Å². The second kappa shape index (κ2) is 10.1. The van der Waals surface area contributed by atoms with Crippen molar-refractivity contribution >= 4 is 27.0 Å². The molecule has 0 fully saturated rings. The van der Waals surface area contributed by atoms with Crippen molar-refractivity contribution in [2.24, 2.45) is 5.92 Å². The molecule has 172 valence electrons. The third kappa shape index (κ3) is 5.94. The van der Waals surface area contributed by atoms with Crippen LogP contribution in [0.3, 0.4) is 0 Å². The van der Waals surface area contributed by atoms with E-state index in [0.717, 1.165) is 0 Å². The van der Waals surface area contributed by atoms with Crippen molar-refractivity contribution in [3.05, 3.63) is 83.9 Å². The smallest absolute Gasteiger partial charge is 0.212 e. The lowest BCUT2D eigenvalue weighted by Crippen LogP contribution is -2.29. The first-order valence-corrected chi connectivity index (χ1v) is 12.6. The molecule has 2 heterocycles. The number of nitrogens with one attached hydrogen (secondary N) is 3. The molecule has 0 saturated carbocycles. The summed E-state index contributed by atoms with van der Waals surface area (Å²) < 4.78 is 27.1. The predicted molar refractivity (Wildman–Crippen MR) is 130 cm³/mol. The SMILES string of the molecule is CC(C)CS(=O)(=O)NCc1nc(NCC(c2ccccc2)c2ccccc2)c2[nH]cnc2n1. The predicted octanol–water partition coefficient (Wildman–Crippen LogP) is 3.67. The number of nitrogens with zero attached hydrogens (tertiary/aromatic N) is 3. The number of aromatic amines is 1.